The molecule has 0 unspecified atom stereocenters. The fourth-order valence-electron chi connectivity index (χ4n) is 2.23. The maximum atomic E-state index is 12.4. The van der Waals surface area contributed by atoms with Crippen molar-refractivity contribution in [2.45, 2.75) is 40.3 Å². The topological polar surface area (TPSA) is 111 Å². The highest BCUT2D eigenvalue weighted by atomic mass is 32.2. The summed E-state index contributed by atoms with van der Waals surface area (Å²) in [5.74, 6) is -0.389. The smallest absolute Gasteiger partial charge is 0.325 e. The van der Waals surface area contributed by atoms with Crippen molar-refractivity contribution in [3.8, 4) is 11.5 Å². The Kier molecular flexibility index (Phi) is 9.04. The van der Waals surface area contributed by atoms with Crippen LogP contribution in [0.3, 0.4) is 0 Å². The van der Waals surface area contributed by atoms with E-state index in [1.54, 1.807) is 19.1 Å². The van der Waals surface area contributed by atoms with Gasteiger partial charge in [-0.15, -0.1) is 0 Å². The summed E-state index contributed by atoms with van der Waals surface area (Å²) in [6, 6.07) is 4.18. The van der Waals surface area contributed by atoms with Crippen LogP contribution in [0.15, 0.2) is 18.2 Å². The second-order valence-electron chi connectivity index (χ2n) is 6.10. The lowest BCUT2D eigenvalue weighted by Crippen LogP contribution is -2.45. The number of hydrogen-bond donors (Lipinski definition) is 1. The number of hydrogen-bond acceptors (Lipinski definition) is 7. The molecule has 1 rings (SSSR count). The van der Waals surface area contributed by atoms with Gasteiger partial charge >= 0.3 is 22.1 Å². The standard InChI is InChI=1S/C18H28N2O7S/c1-6-26-17(21)11-19-18(22)20(13(3)4)12-14-8-9-15(25-5)16(10-14)27-28(23,24)7-2/h8-10,13H,6-7,11-12H2,1-5H3,(H,19,22). The number of nitrogens with zero attached hydrogens (tertiary/aromatic N) is 1. The molecule has 0 aliphatic rings. The van der Waals surface area contributed by atoms with Crippen LogP contribution in [-0.2, 0) is 26.2 Å². The molecule has 0 aliphatic heterocycles. The molecule has 9 nitrogen and oxygen atoms in total. The number of rotatable bonds is 10. The average Bonchev–Trinajstić information content (AvgIpc) is 2.64. The van der Waals surface area contributed by atoms with Gasteiger partial charge in [-0.3, -0.25) is 4.79 Å². The van der Waals surface area contributed by atoms with Gasteiger partial charge in [0.15, 0.2) is 11.5 Å². The fourth-order valence-corrected chi connectivity index (χ4v) is 2.75. The molecule has 0 bridgehead atoms. The van der Waals surface area contributed by atoms with Crippen molar-refractivity contribution in [3.63, 3.8) is 0 Å². The molecule has 0 heterocycles. The highest BCUT2D eigenvalue weighted by Crippen LogP contribution is 2.30. The summed E-state index contributed by atoms with van der Waals surface area (Å²) in [7, 11) is -2.32. The molecule has 1 aromatic carbocycles. The number of urea groups is 1. The first kappa shape index (κ1) is 23.5. The van der Waals surface area contributed by atoms with Crippen LogP contribution in [0.25, 0.3) is 0 Å². The van der Waals surface area contributed by atoms with Crippen LogP contribution in [0.2, 0.25) is 0 Å². The lowest BCUT2D eigenvalue weighted by atomic mass is 10.1. The maximum absolute atomic E-state index is 12.4. The van der Waals surface area contributed by atoms with E-state index in [4.69, 9.17) is 13.7 Å². The summed E-state index contributed by atoms with van der Waals surface area (Å²) >= 11 is 0. The van der Waals surface area contributed by atoms with Gasteiger partial charge in [-0.25, -0.2) is 4.79 Å². The fraction of sp³-hybridized carbons (Fsp3) is 0.556. The first-order valence-corrected chi connectivity index (χ1v) is 10.5. The van der Waals surface area contributed by atoms with Gasteiger partial charge in [0.05, 0.1) is 19.5 Å². The van der Waals surface area contributed by atoms with Crippen LogP contribution in [0.4, 0.5) is 4.79 Å². The first-order valence-electron chi connectivity index (χ1n) is 8.92. The zero-order valence-corrected chi connectivity index (χ0v) is 17.7. The zero-order valence-electron chi connectivity index (χ0n) is 16.9. The summed E-state index contributed by atoms with van der Waals surface area (Å²) in [5.41, 5.74) is 0.641. The van der Waals surface area contributed by atoms with Crippen LogP contribution in [0, 0.1) is 0 Å². The summed E-state index contributed by atoms with van der Waals surface area (Å²) in [5, 5.41) is 2.51. The third-order valence-corrected chi connectivity index (χ3v) is 4.87. The molecular weight excluding hydrogens is 388 g/mol. The lowest BCUT2D eigenvalue weighted by Gasteiger charge is -2.27. The molecule has 28 heavy (non-hydrogen) atoms. The Balaban J connectivity index is 2.97. The first-order chi connectivity index (χ1) is 13.1. The molecule has 0 atom stereocenters. The summed E-state index contributed by atoms with van der Waals surface area (Å²) < 4.78 is 38.6. The van der Waals surface area contributed by atoms with Gasteiger partial charge in [0.1, 0.15) is 6.54 Å². The number of benzene rings is 1. The van der Waals surface area contributed by atoms with Crippen LogP contribution in [0.1, 0.15) is 33.3 Å². The number of esters is 1. The van der Waals surface area contributed by atoms with Gasteiger partial charge in [-0.05, 0) is 45.4 Å². The SMILES string of the molecule is CCOC(=O)CNC(=O)N(Cc1ccc(OC)c(OS(=O)(=O)CC)c1)C(C)C. The van der Waals surface area contributed by atoms with Crippen molar-refractivity contribution in [2.24, 2.45) is 0 Å². The van der Waals surface area contributed by atoms with E-state index in [0.29, 0.717) is 5.56 Å². The molecule has 158 valence electrons. The van der Waals surface area contributed by atoms with Gasteiger partial charge in [-0.2, -0.15) is 8.42 Å². The predicted octanol–water partition coefficient (Wildman–Crippen LogP) is 1.91. The van der Waals surface area contributed by atoms with Crippen molar-refractivity contribution in [1.29, 1.82) is 0 Å². The molecule has 10 heteroatoms. The van der Waals surface area contributed by atoms with Gasteiger partial charge < -0.3 is 23.9 Å². The molecule has 0 radical (unpaired) electrons. The van der Waals surface area contributed by atoms with Crippen LogP contribution < -0.4 is 14.2 Å². The van der Waals surface area contributed by atoms with Gasteiger partial charge in [0.2, 0.25) is 0 Å². The minimum Gasteiger partial charge on any atom is -0.493 e. The number of ether oxygens (including phenoxy) is 2. The van der Waals surface area contributed by atoms with Crippen LogP contribution >= 0.6 is 0 Å². The van der Waals surface area contributed by atoms with Gasteiger partial charge in [0, 0.05) is 12.6 Å². The van der Waals surface area contributed by atoms with E-state index in [1.807, 2.05) is 13.8 Å². The van der Waals surface area contributed by atoms with E-state index in [9.17, 15) is 18.0 Å². The van der Waals surface area contributed by atoms with E-state index >= 15 is 0 Å². The normalized spacial score (nSPS) is 11.1. The van der Waals surface area contributed by atoms with E-state index in [2.05, 4.69) is 5.32 Å². The lowest BCUT2D eigenvalue weighted by molar-refractivity contribution is -0.141. The third kappa shape index (κ3) is 7.26. The summed E-state index contributed by atoms with van der Waals surface area (Å²) in [6.07, 6.45) is 0. The van der Waals surface area contributed by atoms with E-state index in [-0.39, 0.29) is 43.0 Å². The van der Waals surface area contributed by atoms with Crippen molar-refractivity contribution in [1.82, 2.24) is 10.2 Å². The van der Waals surface area contributed by atoms with Crippen molar-refractivity contribution < 1.29 is 31.7 Å². The van der Waals surface area contributed by atoms with E-state index < -0.39 is 22.1 Å². The molecule has 0 spiro atoms. The monoisotopic (exact) mass is 416 g/mol. The summed E-state index contributed by atoms with van der Waals surface area (Å²) in [4.78, 5) is 25.4. The molecule has 0 fully saturated rings. The maximum Gasteiger partial charge on any atom is 0.325 e. The van der Waals surface area contributed by atoms with Crippen molar-refractivity contribution in [3.05, 3.63) is 23.8 Å². The molecule has 1 N–H and O–H groups in total. The molecule has 0 saturated heterocycles. The van der Waals surface area contributed by atoms with E-state index in [0.717, 1.165) is 0 Å². The average molecular weight is 416 g/mol. The molecule has 0 aromatic heterocycles. The molecule has 2 amide bonds. The number of amides is 2. The quantitative estimate of drug-likeness (QED) is 0.458. The largest absolute Gasteiger partial charge is 0.493 e. The van der Waals surface area contributed by atoms with Crippen LogP contribution in [0.5, 0.6) is 11.5 Å². The van der Waals surface area contributed by atoms with Crippen molar-refractivity contribution >= 4 is 22.1 Å². The Morgan fingerprint density at radius 1 is 1.18 bits per heavy atom. The Labute approximate surface area is 166 Å². The minimum absolute atomic E-state index is 0.0532. The number of carbonyl (C=O) groups is 2. The Bertz CT molecular complexity index is 778. The third-order valence-electron chi connectivity index (χ3n) is 3.72. The van der Waals surface area contributed by atoms with Gasteiger partial charge in [0.25, 0.3) is 0 Å². The number of methoxy groups -OCH3 is 1. The molecule has 1 aromatic rings. The predicted molar refractivity (Wildman–Crippen MR) is 104 cm³/mol. The van der Waals surface area contributed by atoms with Gasteiger partial charge in [-0.1, -0.05) is 6.07 Å². The molecular formula is C18H28N2O7S. The highest BCUT2D eigenvalue weighted by Gasteiger charge is 2.20. The zero-order chi connectivity index (χ0) is 21.3. The van der Waals surface area contributed by atoms with Crippen molar-refractivity contribution in [2.75, 3.05) is 26.0 Å². The van der Waals surface area contributed by atoms with E-state index in [1.165, 1.54) is 25.0 Å². The van der Waals surface area contributed by atoms with Crippen LogP contribution in [-0.4, -0.2) is 57.4 Å². The number of nitrogens with one attached hydrogen (secondary N) is 1. The Hall–Kier alpha value is -2.49. The number of carbonyl (C=O) groups excluding carboxylic acids is 2. The molecule has 0 aliphatic carbocycles. The minimum atomic E-state index is -3.73. The Morgan fingerprint density at radius 2 is 1.86 bits per heavy atom. The highest BCUT2D eigenvalue weighted by molar-refractivity contribution is 7.87. The summed E-state index contributed by atoms with van der Waals surface area (Å²) in [6.45, 7) is 6.99. The second-order valence-corrected chi connectivity index (χ2v) is 7.96. The second kappa shape index (κ2) is 10.7. The Morgan fingerprint density at radius 3 is 2.39 bits per heavy atom. The molecule has 0 saturated carbocycles.